The van der Waals surface area contributed by atoms with Gasteiger partial charge in [0.1, 0.15) is 5.82 Å². The highest BCUT2D eigenvalue weighted by Gasteiger charge is 2.29. The lowest BCUT2D eigenvalue weighted by atomic mass is 10.1. The van der Waals surface area contributed by atoms with Crippen LogP contribution in [0.25, 0.3) is 11.3 Å². The number of benzene rings is 1. The maximum atomic E-state index is 13.6. The fraction of sp³-hybridized carbons (Fsp3) is 0.333. The summed E-state index contributed by atoms with van der Waals surface area (Å²) in [6, 6.07) is 5.58. The van der Waals surface area contributed by atoms with E-state index in [-0.39, 0.29) is 28.8 Å². The Morgan fingerprint density at radius 3 is 2.83 bits per heavy atom. The van der Waals surface area contributed by atoms with Crippen LogP contribution in [0.1, 0.15) is 22.5 Å². The van der Waals surface area contributed by atoms with E-state index in [2.05, 4.69) is 10.5 Å². The molecule has 1 amide bonds. The Morgan fingerprint density at radius 2 is 2.17 bits per heavy atom. The molecule has 0 spiro atoms. The molecular weight excluding hydrogens is 323 g/mol. The van der Waals surface area contributed by atoms with E-state index in [0.29, 0.717) is 17.5 Å². The lowest BCUT2D eigenvalue weighted by Gasteiger charge is -2.08. The van der Waals surface area contributed by atoms with E-state index in [0.717, 1.165) is 0 Å². The van der Waals surface area contributed by atoms with E-state index in [1.54, 1.807) is 19.1 Å². The molecule has 1 aromatic heterocycles. The molecule has 122 valence electrons. The summed E-state index contributed by atoms with van der Waals surface area (Å²) in [6.45, 7) is 1.65. The summed E-state index contributed by atoms with van der Waals surface area (Å²) in [5, 5.41) is 6.29. The Labute approximate surface area is 132 Å². The average molecular weight is 338 g/mol. The van der Waals surface area contributed by atoms with Crippen LogP contribution in [-0.4, -0.2) is 37.0 Å². The van der Waals surface area contributed by atoms with E-state index >= 15 is 0 Å². The number of nitrogens with zero attached hydrogens (tertiary/aromatic N) is 1. The van der Waals surface area contributed by atoms with Gasteiger partial charge in [-0.3, -0.25) is 4.79 Å². The highest BCUT2D eigenvalue weighted by molar-refractivity contribution is 7.91. The van der Waals surface area contributed by atoms with Gasteiger partial charge in [-0.2, -0.15) is 0 Å². The molecule has 2 aromatic rings. The van der Waals surface area contributed by atoms with Crippen molar-refractivity contribution in [2.24, 2.45) is 0 Å². The maximum Gasteiger partial charge on any atom is 0.273 e. The number of nitrogens with one attached hydrogen (secondary N) is 1. The minimum absolute atomic E-state index is 0.0327. The molecule has 0 bridgehead atoms. The van der Waals surface area contributed by atoms with Crippen LogP contribution in [0.4, 0.5) is 4.39 Å². The second-order valence-corrected chi connectivity index (χ2v) is 7.84. The third-order valence-electron chi connectivity index (χ3n) is 3.77. The molecular formula is C15H15FN2O4S. The summed E-state index contributed by atoms with van der Waals surface area (Å²) < 4.78 is 41.4. The van der Waals surface area contributed by atoms with Crippen molar-refractivity contribution in [3.8, 4) is 11.3 Å². The van der Waals surface area contributed by atoms with Crippen molar-refractivity contribution in [3.63, 3.8) is 0 Å². The van der Waals surface area contributed by atoms with Crippen LogP contribution < -0.4 is 5.32 Å². The monoisotopic (exact) mass is 338 g/mol. The van der Waals surface area contributed by atoms with Gasteiger partial charge in [0.05, 0.1) is 11.5 Å². The number of hydrogen-bond acceptors (Lipinski definition) is 5. The Bertz CT molecular complexity index is 860. The molecule has 1 aromatic carbocycles. The zero-order valence-corrected chi connectivity index (χ0v) is 13.2. The summed E-state index contributed by atoms with van der Waals surface area (Å²) in [4.78, 5) is 12.1. The fourth-order valence-corrected chi connectivity index (χ4v) is 4.11. The van der Waals surface area contributed by atoms with Crippen molar-refractivity contribution >= 4 is 15.7 Å². The number of sulfone groups is 1. The van der Waals surface area contributed by atoms with Crippen LogP contribution in [0.15, 0.2) is 28.8 Å². The minimum Gasteiger partial charge on any atom is -0.355 e. The molecule has 1 aliphatic rings. The number of halogens is 1. The summed E-state index contributed by atoms with van der Waals surface area (Å²) in [7, 11) is -3.07. The first-order valence-electron chi connectivity index (χ1n) is 7.08. The average Bonchev–Trinajstić information content (AvgIpc) is 3.09. The van der Waals surface area contributed by atoms with Gasteiger partial charge in [-0.1, -0.05) is 17.3 Å². The quantitative estimate of drug-likeness (QED) is 0.920. The summed E-state index contributed by atoms with van der Waals surface area (Å²) in [5.41, 5.74) is 1.02. The molecule has 6 nitrogen and oxygen atoms in total. The fourth-order valence-electron chi connectivity index (χ4n) is 2.43. The Kier molecular flexibility index (Phi) is 3.93. The van der Waals surface area contributed by atoms with Crippen molar-refractivity contribution in [3.05, 3.63) is 41.3 Å². The highest BCUT2D eigenvalue weighted by atomic mass is 32.2. The molecule has 3 rings (SSSR count). The molecule has 23 heavy (non-hydrogen) atoms. The summed E-state index contributed by atoms with van der Waals surface area (Å²) in [5.74, 6) is -0.596. The largest absolute Gasteiger partial charge is 0.355 e. The molecule has 8 heteroatoms. The number of aryl methyl sites for hydroxylation is 1. The lowest BCUT2D eigenvalue weighted by molar-refractivity contribution is 0.0932. The van der Waals surface area contributed by atoms with Crippen molar-refractivity contribution in [2.75, 3.05) is 11.5 Å². The van der Waals surface area contributed by atoms with E-state index in [9.17, 15) is 17.6 Å². The van der Waals surface area contributed by atoms with E-state index < -0.39 is 21.8 Å². The van der Waals surface area contributed by atoms with E-state index in [1.165, 1.54) is 12.1 Å². The van der Waals surface area contributed by atoms with Gasteiger partial charge in [0, 0.05) is 17.7 Å². The first-order chi connectivity index (χ1) is 10.8. The number of rotatable bonds is 3. The standard InChI is InChI=1S/C15H15FN2O4S/c1-9-2-3-10(6-12(9)16)14-7-13(18-22-14)15(19)17-11-4-5-23(20,21)8-11/h2-3,6-7,11H,4-5,8H2,1H3,(H,17,19)/t11-/m1/s1. The van der Waals surface area contributed by atoms with Crippen molar-refractivity contribution < 1.29 is 22.1 Å². The molecule has 0 unspecified atom stereocenters. The minimum atomic E-state index is -3.07. The number of carbonyl (C=O) groups is 1. The second-order valence-electron chi connectivity index (χ2n) is 5.61. The first-order valence-corrected chi connectivity index (χ1v) is 8.91. The predicted octanol–water partition coefficient (Wildman–Crippen LogP) is 1.71. The number of carbonyl (C=O) groups excluding carboxylic acids is 1. The van der Waals surface area contributed by atoms with Gasteiger partial charge in [0.15, 0.2) is 21.3 Å². The summed E-state index contributed by atoms with van der Waals surface area (Å²) >= 11 is 0. The molecule has 0 radical (unpaired) electrons. The molecule has 1 atom stereocenters. The van der Waals surface area contributed by atoms with E-state index in [1.807, 2.05) is 0 Å². The highest BCUT2D eigenvalue weighted by Crippen LogP contribution is 2.23. The first kappa shape index (κ1) is 15.7. The van der Waals surface area contributed by atoms with Gasteiger partial charge in [-0.05, 0) is 25.0 Å². The normalized spacial score (nSPS) is 19.7. The van der Waals surface area contributed by atoms with Gasteiger partial charge < -0.3 is 9.84 Å². The smallest absolute Gasteiger partial charge is 0.273 e. The molecule has 2 heterocycles. The van der Waals surface area contributed by atoms with Crippen LogP contribution >= 0.6 is 0 Å². The van der Waals surface area contributed by atoms with Gasteiger partial charge in [-0.25, -0.2) is 12.8 Å². The zero-order chi connectivity index (χ0) is 16.6. The van der Waals surface area contributed by atoms with Crippen LogP contribution in [0.3, 0.4) is 0 Å². The Hall–Kier alpha value is -2.22. The van der Waals surface area contributed by atoms with Crippen LogP contribution in [0.2, 0.25) is 0 Å². The molecule has 1 N–H and O–H groups in total. The van der Waals surface area contributed by atoms with Crippen molar-refractivity contribution in [1.29, 1.82) is 0 Å². The molecule has 1 fully saturated rings. The van der Waals surface area contributed by atoms with Gasteiger partial charge in [0.25, 0.3) is 5.91 Å². The third-order valence-corrected chi connectivity index (χ3v) is 5.53. The van der Waals surface area contributed by atoms with Gasteiger partial charge >= 0.3 is 0 Å². The Balaban J connectivity index is 1.73. The Morgan fingerprint density at radius 1 is 1.39 bits per heavy atom. The topological polar surface area (TPSA) is 89.3 Å². The van der Waals surface area contributed by atoms with Crippen LogP contribution in [0, 0.1) is 12.7 Å². The lowest BCUT2D eigenvalue weighted by Crippen LogP contribution is -2.35. The number of hydrogen-bond donors (Lipinski definition) is 1. The molecule has 0 aliphatic carbocycles. The van der Waals surface area contributed by atoms with Crippen molar-refractivity contribution in [1.82, 2.24) is 10.5 Å². The molecule has 1 saturated heterocycles. The zero-order valence-electron chi connectivity index (χ0n) is 12.4. The third kappa shape index (κ3) is 3.42. The number of aromatic nitrogens is 1. The van der Waals surface area contributed by atoms with Gasteiger partial charge in [-0.15, -0.1) is 0 Å². The van der Waals surface area contributed by atoms with Crippen LogP contribution in [0.5, 0.6) is 0 Å². The molecule has 1 aliphatic heterocycles. The van der Waals surface area contributed by atoms with Crippen LogP contribution in [-0.2, 0) is 9.84 Å². The molecule has 0 saturated carbocycles. The van der Waals surface area contributed by atoms with Crippen molar-refractivity contribution in [2.45, 2.75) is 19.4 Å². The predicted molar refractivity (Wildman–Crippen MR) is 81.2 cm³/mol. The maximum absolute atomic E-state index is 13.6. The second kappa shape index (κ2) is 5.77. The SMILES string of the molecule is Cc1ccc(-c2cc(C(=O)N[C@@H]3CCS(=O)(=O)C3)no2)cc1F. The van der Waals surface area contributed by atoms with E-state index in [4.69, 9.17) is 4.52 Å². The summed E-state index contributed by atoms with van der Waals surface area (Å²) in [6.07, 6.45) is 0.391. The van der Waals surface area contributed by atoms with Gasteiger partial charge in [0.2, 0.25) is 0 Å². The number of amides is 1.